The first kappa shape index (κ1) is 15.0. The minimum Gasteiger partial charge on any atom is -0.480 e. The van der Waals surface area contributed by atoms with Crippen LogP contribution in [0.2, 0.25) is 0 Å². The molecule has 5 nitrogen and oxygen atoms in total. The third kappa shape index (κ3) is 3.98. The molecule has 0 aromatic carbocycles. The molecule has 1 amide bonds. The van der Waals surface area contributed by atoms with Gasteiger partial charge in [0.15, 0.2) is 0 Å². The Kier molecular flexibility index (Phi) is 5.59. The molecule has 104 valence electrons. The summed E-state index contributed by atoms with van der Waals surface area (Å²) in [6.45, 7) is 6.65. The summed E-state index contributed by atoms with van der Waals surface area (Å²) in [4.78, 5) is 23.2. The van der Waals surface area contributed by atoms with Crippen molar-refractivity contribution in [3.05, 3.63) is 0 Å². The zero-order chi connectivity index (χ0) is 13.7. The number of carboxylic acids is 1. The second-order valence-electron chi connectivity index (χ2n) is 5.29. The molecule has 1 saturated heterocycles. The highest BCUT2D eigenvalue weighted by atomic mass is 16.4. The van der Waals surface area contributed by atoms with Gasteiger partial charge in [0.05, 0.1) is 0 Å². The molecule has 0 aliphatic carbocycles. The van der Waals surface area contributed by atoms with E-state index in [1.165, 1.54) is 0 Å². The molecule has 1 rings (SSSR count). The van der Waals surface area contributed by atoms with Gasteiger partial charge in [-0.3, -0.25) is 4.79 Å². The Morgan fingerprint density at radius 1 is 1.50 bits per heavy atom. The monoisotopic (exact) mass is 256 g/mol. The van der Waals surface area contributed by atoms with E-state index in [1.54, 1.807) is 0 Å². The molecule has 3 N–H and O–H groups in total. The topological polar surface area (TPSA) is 78.4 Å². The number of piperidine rings is 1. The van der Waals surface area contributed by atoms with Gasteiger partial charge >= 0.3 is 5.97 Å². The summed E-state index contributed by atoms with van der Waals surface area (Å²) in [7, 11) is 0. The molecule has 4 atom stereocenters. The van der Waals surface area contributed by atoms with E-state index >= 15 is 0 Å². The van der Waals surface area contributed by atoms with Crippen LogP contribution in [0.5, 0.6) is 0 Å². The summed E-state index contributed by atoms with van der Waals surface area (Å²) in [5.41, 5.74) is 0. The van der Waals surface area contributed by atoms with E-state index in [0.29, 0.717) is 6.04 Å². The fourth-order valence-corrected chi connectivity index (χ4v) is 2.32. The number of carbonyl (C=O) groups is 2. The summed E-state index contributed by atoms with van der Waals surface area (Å²) >= 11 is 0. The Hall–Kier alpha value is -1.10. The van der Waals surface area contributed by atoms with Crippen molar-refractivity contribution in [3.63, 3.8) is 0 Å². The highest BCUT2D eigenvalue weighted by molar-refractivity contribution is 5.85. The Morgan fingerprint density at radius 2 is 2.17 bits per heavy atom. The van der Waals surface area contributed by atoms with E-state index in [-0.39, 0.29) is 17.7 Å². The van der Waals surface area contributed by atoms with Crippen LogP contribution in [0.1, 0.15) is 40.0 Å². The number of carbonyl (C=O) groups excluding carboxylic acids is 1. The van der Waals surface area contributed by atoms with Crippen LogP contribution in [0.15, 0.2) is 0 Å². The van der Waals surface area contributed by atoms with Gasteiger partial charge in [-0.15, -0.1) is 0 Å². The Balaban J connectivity index is 2.58. The number of aliphatic carboxylic acids is 1. The molecular formula is C13H24N2O3. The molecule has 1 fully saturated rings. The van der Waals surface area contributed by atoms with Crippen LogP contribution >= 0.6 is 0 Å². The first-order valence-corrected chi connectivity index (χ1v) is 6.72. The number of amides is 1. The Labute approximate surface area is 108 Å². The van der Waals surface area contributed by atoms with Crippen LogP contribution in [-0.2, 0) is 9.59 Å². The van der Waals surface area contributed by atoms with Crippen molar-refractivity contribution in [1.82, 2.24) is 10.6 Å². The van der Waals surface area contributed by atoms with Gasteiger partial charge in [-0.2, -0.15) is 0 Å². The number of hydrogen-bond donors (Lipinski definition) is 3. The van der Waals surface area contributed by atoms with Crippen LogP contribution in [0, 0.1) is 11.8 Å². The van der Waals surface area contributed by atoms with Crippen LogP contribution in [0.4, 0.5) is 0 Å². The molecule has 4 unspecified atom stereocenters. The van der Waals surface area contributed by atoms with E-state index in [9.17, 15) is 9.59 Å². The fourth-order valence-electron chi connectivity index (χ4n) is 2.32. The third-order valence-corrected chi connectivity index (χ3v) is 3.77. The van der Waals surface area contributed by atoms with Crippen LogP contribution in [0.3, 0.4) is 0 Å². The minimum absolute atomic E-state index is 0.0504. The van der Waals surface area contributed by atoms with Gasteiger partial charge in [0.1, 0.15) is 6.04 Å². The van der Waals surface area contributed by atoms with E-state index < -0.39 is 12.0 Å². The van der Waals surface area contributed by atoms with Crippen LogP contribution < -0.4 is 10.6 Å². The first-order chi connectivity index (χ1) is 8.45. The van der Waals surface area contributed by atoms with Crippen molar-refractivity contribution in [1.29, 1.82) is 0 Å². The summed E-state index contributed by atoms with van der Waals surface area (Å²) in [6.07, 6.45) is 2.29. The van der Waals surface area contributed by atoms with Gasteiger partial charge in [0.25, 0.3) is 0 Å². The van der Waals surface area contributed by atoms with Gasteiger partial charge < -0.3 is 15.7 Å². The lowest BCUT2D eigenvalue weighted by Crippen LogP contribution is -2.49. The van der Waals surface area contributed by atoms with Gasteiger partial charge in [0, 0.05) is 12.0 Å². The summed E-state index contributed by atoms with van der Waals surface area (Å²) < 4.78 is 0. The minimum atomic E-state index is -0.945. The van der Waals surface area contributed by atoms with Crippen LogP contribution in [0.25, 0.3) is 0 Å². The molecular weight excluding hydrogens is 232 g/mol. The van der Waals surface area contributed by atoms with Gasteiger partial charge in [-0.1, -0.05) is 20.3 Å². The van der Waals surface area contributed by atoms with E-state index in [4.69, 9.17) is 5.11 Å². The molecule has 0 radical (unpaired) electrons. The maximum absolute atomic E-state index is 12.1. The third-order valence-electron chi connectivity index (χ3n) is 3.77. The molecule has 0 aromatic rings. The predicted octanol–water partition coefficient (Wildman–Crippen LogP) is 0.990. The highest BCUT2D eigenvalue weighted by Crippen LogP contribution is 2.17. The van der Waals surface area contributed by atoms with E-state index in [2.05, 4.69) is 10.6 Å². The maximum Gasteiger partial charge on any atom is 0.326 e. The Bertz CT molecular complexity index is 307. The maximum atomic E-state index is 12.1. The smallest absolute Gasteiger partial charge is 0.326 e. The van der Waals surface area contributed by atoms with Crippen molar-refractivity contribution < 1.29 is 14.7 Å². The lowest BCUT2D eigenvalue weighted by atomic mass is 9.91. The summed E-state index contributed by atoms with van der Waals surface area (Å²) in [5, 5.41) is 15.1. The van der Waals surface area contributed by atoms with Gasteiger partial charge in [-0.05, 0) is 32.2 Å². The molecule has 1 heterocycles. The number of rotatable bonds is 5. The van der Waals surface area contributed by atoms with Crippen LogP contribution in [-0.4, -0.2) is 35.6 Å². The molecule has 0 saturated carbocycles. The van der Waals surface area contributed by atoms with Crippen molar-refractivity contribution >= 4 is 11.9 Å². The lowest BCUT2D eigenvalue weighted by molar-refractivity contribution is -0.144. The summed E-state index contributed by atoms with van der Waals surface area (Å²) in [6, 6.07) is -0.450. The summed E-state index contributed by atoms with van der Waals surface area (Å²) in [5.74, 6) is -1.17. The lowest BCUT2D eigenvalue weighted by Gasteiger charge is -2.29. The second kappa shape index (κ2) is 6.73. The molecule has 0 spiro atoms. The number of hydrogen-bond acceptors (Lipinski definition) is 3. The Morgan fingerprint density at radius 3 is 2.67 bits per heavy atom. The van der Waals surface area contributed by atoms with Gasteiger partial charge in [-0.25, -0.2) is 4.79 Å². The van der Waals surface area contributed by atoms with Crippen molar-refractivity contribution in [2.75, 3.05) is 6.54 Å². The predicted molar refractivity (Wildman–Crippen MR) is 69.2 cm³/mol. The van der Waals surface area contributed by atoms with Gasteiger partial charge in [0.2, 0.25) is 5.91 Å². The van der Waals surface area contributed by atoms with Crippen molar-refractivity contribution in [2.45, 2.75) is 52.1 Å². The number of nitrogens with one attached hydrogen (secondary N) is 2. The molecule has 0 aromatic heterocycles. The standard InChI is InChI=1S/C13H24N2O3/c1-4-8(2)11(13(17)18)15-12(16)10-5-6-14-9(3)7-10/h8-11,14H,4-7H2,1-3H3,(H,15,16)(H,17,18). The molecule has 5 heteroatoms. The first-order valence-electron chi connectivity index (χ1n) is 6.72. The molecule has 18 heavy (non-hydrogen) atoms. The van der Waals surface area contributed by atoms with Crippen molar-refractivity contribution in [2.24, 2.45) is 11.8 Å². The normalized spacial score (nSPS) is 27.3. The average Bonchev–Trinajstić information content (AvgIpc) is 2.34. The number of carboxylic acid groups (broad SMARTS) is 1. The highest BCUT2D eigenvalue weighted by Gasteiger charge is 2.30. The zero-order valence-electron chi connectivity index (χ0n) is 11.4. The van der Waals surface area contributed by atoms with E-state index in [1.807, 2.05) is 20.8 Å². The second-order valence-corrected chi connectivity index (χ2v) is 5.29. The quantitative estimate of drug-likeness (QED) is 0.685. The average molecular weight is 256 g/mol. The zero-order valence-corrected chi connectivity index (χ0v) is 11.4. The van der Waals surface area contributed by atoms with Crippen molar-refractivity contribution in [3.8, 4) is 0 Å². The molecule has 1 aliphatic rings. The van der Waals surface area contributed by atoms with E-state index in [0.717, 1.165) is 25.8 Å². The molecule has 1 aliphatic heterocycles. The fraction of sp³-hybridized carbons (Fsp3) is 0.846. The SMILES string of the molecule is CCC(C)C(NC(=O)C1CCNC(C)C1)C(=O)O. The largest absolute Gasteiger partial charge is 0.480 e. The molecule has 0 bridgehead atoms.